The van der Waals surface area contributed by atoms with Crippen LogP contribution in [0.1, 0.15) is 5.69 Å². The Bertz CT molecular complexity index is 452. The van der Waals surface area contributed by atoms with Crippen LogP contribution in [-0.2, 0) is 13.7 Å². The Morgan fingerprint density at radius 1 is 1.40 bits per heavy atom. The van der Waals surface area contributed by atoms with Crippen molar-refractivity contribution in [2.45, 2.75) is 6.61 Å². The van der Waals surface area contributed by atoms with Gasteiger partial charge in [0.2, 0.25) is 0 Å². The number of nitrogens with two attached hydrogens (primary N) is 1. The van der Waals surface area contributed by atoms with Crippen molar-refractivity contribution in [1.82, 2.24) is 15.0 Å². The van der Waals surface area contributed by atoms with E-state index in [9.17, 15) is 0 Å². The number of hydrogen-bond donors (Lipinski definition) is 1. The Morgan fingerprint density at radius 3 is 2.87 bits per heavy atom. The minimum Gasteiger partial charge on any atom is -0.485 e. The van der Waals surface area contributed by atoms with Crippen LogP contribution in [-0.4, -0.2) is 15.0 Å². The quantitative estimate of drug-likeness (QED) is 0.757. The normalized spacial score (nSPS) is 10.2. The summed E-state index contributed by atoms with van der Waals surface area (Å²) in [5.41, 5.74) is 7.13. The lowest BCUT2D eigenvalue weighted by Crippen LogP contribution is -1.98. The number of rotatable bonds is 3. The summed E-state index contributed by atoms with van der Waals surface area (Å²) in [5, 5.41) is 7.71. The van der Waals surface area contributed by atoms with Crippen LogP contribution in [0.3, 0.4) is 0 Å². The van der Waals surface area contributed by atoms with E-state index in [-0.39, 0.29) is 0 Å². The van der Waals surface area contributed by atoms with Crippen molar-refractivity contribution in [3.05, 3.63) is 36.2 Å². The average Bonchev–Trinajstić information content (AvgIpc) is 2.63. The van der Waals surface area contributed by atoms with Gasteiger partial charge >= 0.3 is 0 Å². The largest absolute Gasteiger partial charge is 0.485 e. The number of aryl methyl sites for hydroxylation is 1. The maximum Gasteiger partial charge on any atom is 0.142 e. The Balaban J connectivity index is 2.02. The molecule has 15 heavy (non-hydrogen) atoms. The van der Waals surface area contributed by atoms with Crippen LogP contribution in [0.2, 0.25) is 0 Å². The first-order valence-electron chi connectivity index (χ1n) is 4.58. The summed E-state index contributed by atoms with van der Waals surface area (Å²) in [6.45, 7) is 0.377. The smallest absolute Gasteiger partial charge is 0.142 e. The Kier molecular flexibility index (Phi) is 2.53. The van der Waals surface area contributed by atoms with Gasteiger partial charge in [0.25, 0.3) is 0 Å². The van der Waals surface area contributed by atoms with Gasteiger partial charge in [-0.2, -0.15) is 0 Å². The molecule has 0 atom stereocenters. The van der Waals surface area contributed by atoms with Gasteiger partial charge in [-0.05, 0) is 12.1 Å². The summed E-state index contributed by atoms with van der Waals surface area (Å²) in [6.07, 6.45) is 1.80. The summed E-state index contributed by atoms with van der Waals surface area (Å²) >= 11 is 0. The Labute approximate surface area is 87.5 Å². The maximum atomic E-state index is 5.72. The fourth-order valence-electron chi connectivity index (χ4n) is 1.23. The van der Waals surface area contributed by atoms with Crippen LogP contribution in [0.5, 0.6) is 5.75 Å². The van der Waals surface area contributed by atoms with E-state index in [1.807, 2.05) is 25.2 Å². The Morgan fingerprint density at radius 2 is 2.20 bits per heavy atom. The highest BCUT2D eigenvalue weighted by Crippen LogP contribution is 2.20. The summed E-state index contributed by atoms with van der Waals surface area (Å²) in [4.78, 5) is 0. The number of nitrogen functional groups attached to an aromatic ring is 1. The predicted molar refractivity (Wildman–Crippen MR) is 56.2 cm³/mol. The fraction of sp³-hybridized carbons (Fsp3) is 0.200. The zero-order valence-electron chi connectivity index (χ0n) is 8.42. The topological polar surface area (TPSA) is 66.0 Å². The molecule has 78 valence electrons. The molecule has 0 saturated heterocycles. The molecule has 0 aliphatic carbocycles. The molecule has 2 rings (SSSR count). The summed E-state index contributed by atoms with van der Waals surface area (Å²) in [6, 6.07) is 7.37. The lowest BCUT2D eigenvalue weighted by atomic mass is 10.3. The van der Waals surface area contributed by atoms with Gasteiger partial charge in [-0.25, -0.2) is 0 Å². The number of ether oxygens (including phenoxy) is 1. The fourth-order valence-corrected chi connectivity index (χ4v) is 1.23. The van der Waals surface area contributed by atoms with Crippen molar-refractivity contribution >= 4 is 5.69 Å². The zero-order valence-corrected chi connectivity index (χ0v) is 8.42. The molecule has 0 aliphatic heterocycles. The first-order valence-corrected chi connectivity index (χ1v) is 4.58. The van der Waals surface area contributed by atoms with Gasteiger partial charge in [-0.3, -0.25) is 4.68 Å². The third kappa shape index (κ3) is 2.25. The second kappa shape index (κ2) is 4.00. The number of hydrogen-bond acceptors (Lipinski definition) is 4. The van der Waals surface area contributed by atoms with Gasteiger partial charge < -0.3 is 10.5 Å². The number of para-hydroxylation sites is 2. The van der Waals surface area contributed by atoms with E-state index in [1.54, 1.807) is 16.9 Å². The van der Waals surface area contributed by atoms with Crippen LogP contribution >= 0.6 is 0 Å². The number of aromatic nitrogens is 3. The molecular weight excluding hydrogens is 192 g/mol. The van der Waals surface area contributed by atoms with Crippen molar-refractivity contribution in [2.24, 2.45) is 7.05 Å². The third-order valence-corrected chi connectivity index (χ3v) is 1.94. The molecule has 5 heteroatoms. The van der Waals surface area contributed by atoms with Crippen molar-refractivity contribution < 1.29 is 4.74 Å². The van der Waals surface area contributed by atoms with Crippen molar-refractivity contribution in [2.75, 3.05) is 5.73 Å². The summed E-state index contributed by atoms with van der Waals surface area (Å²) in [7, 11) is 1.81. The predicted octanol–water partition coefficient (Wildman–Crippen LogP) is 0.976. The van der Waals surface area contributed by atoms with Crippen molar-refractivity contribution in [1.29, 1.82) is 0 Å². The molecule has 2 N–H and O–H groups in total. The first-order chi connectivity index (χ1) is 7.25. The molecule has 0 spiro atoms. The van der Waals surface area contributed by atoms with Crippen LogP contribution in [0.25, 0.3) is 0 Å². The molecule has 5 nitrogen and oxygen atoms in total. The number of anilines is 1. The van der Waals surface area contributed by atoms with Gasteiger partial charge in [0.1, 0.15) is 18.1 Å². The Hall–Kier alpha value is -2.04. The van der Waals surface area contributed by atoms with Gasteiger partial charge in [0, 0.05) is 7.05 Å². The van der Waals surface area contributed by atoms with Crippen molar-refractivity contribution in [3.63, 3.8) is 0 Å². The van der Waals surface area contributed by atoms with Gasteiger partial charge in [-0.15, -0.1) is 5.10 Å². The van der Waals surface area contributed by atoms with E-state index in [0.717, 1.165) is 5.69 Å². The highest BCUT2D eigenvalue weighted by Gasteiger charge is 2.01. The summed E-state index contributed by atoms with van der Waals surface area (Å²) < 4.78 is 7.13. The van der Waals surface area contributed by atoms with E-state index in [2.05, 4.69) is 10.3 Å². The second-order valence-corrected chi connectivity index (χ2v) is 3.21. The van der Waals surface area contributed by atoms with E-state index in [4.69, 9.17) is 10.5 Å². The molecule has 0 aliphatic rings. The van der Waals surface area contributed by atoms with Crippen LogP contribution in [0.15, 0.2) is 30.5 Å². The molecular formula is C10H12N4O. The molecule has 1 aromatic heterocycles. The van der Waals surface area contributed by atoms with E-state index >= 15 is 0 Å². The second-order valence-electron chi connectivity index (χ2n) is 3.21. The minimum absolute atomic E-state index is 0.377. The zero-order chi connectivity index (χ0) is 10.7. The molecule has 0 amide bonds. The molecule has 0 bridgehead atoms. The van der Waals surface area contributed by atoms with Crippen LogP contribution in [0, 0.1) is 0 Å². The third-order valence-electron chi connectivity index (χ3n) is 1.94. The monoisotopic (exact) mass is 204 g/mol. The number of benzene rings is 1. The van der Waals surface area contributed by atoms with E-state index < -0.39 is 0 Å². The highest BCUT2D eigenvalue weighted by atomic mass is 16.5. The van der Waals surface area contributed by atoms with Gasteiger partial charge in [-0.1, -0.05) is 17.3 Å². The molecule has 0 saturated carbocycles. The summed E-state index contributed by atoms with van der Waals surface area (Å²) in [5.74, 6) is 0.670. The van der Waals surface area contributed by atoms with Crippen molar-refractivity contribution in [3.8, 4) is 5.75 Å². The van der Waals surface area contributed by atoms with E-state index in [0.29, 0.717) is 18.0 Å². The SMILES string of the molecule is Cn1cc(COc2ccccc2N)nn1. The van der Waals surface area contributed by atoms with Crippen LogP contribution < -0.4 is 10.5 Å². The average molecular weight is 204 g/mol. The van der Waals surface area contributed by atoms with Crippen LogP contribution in [0.4, 0.5) is 5.69 Å². The standard InChI is InChI=1S/C10H12N4O/c1-14-6-8(12-13-14)7-15-10-5-3-2-4-9(10)11/h2-6H,7,11H2,1H3. The molecule has 0 radical (unpaired) electrons. The molecule has 1 aromatic carbocycles. The van der Waals surface area contributed by atoms with E-state index in [1.165, 1.54) is 0 Å². The molecule has 2 aromatic rings. The highest BCUT2D eigenvalue weighted by molar-refractivity contribution is 5.51. The molecule has 0 unspecified atom stereocenters. The van der Waals surface area contributed by atoms with Gasteiger partial charge in [0.15, 0.2) is 0 Å². The first kappa shape index (κ1) is 9.51. The molecule has 0 fully saturated rings. The lowest BCUT2D eigenvalue weighted by molar-refractivity contribution is 0.303. The maximum absolute atomic E-state index is 5.72. The minimum atomic E-state index is 0.377. The lowest BCUT2D eigenvalue weighted by Gasteiger charge is -2.05. The van der Waals surface area contributed by atoms with Gasteiger partial charge in [0.05, 0.1) is 11.9 Å². The number of nitrogens with zero attached hydrogens (tertiary/aromatic N) is 3. The molecule has 1 heterocycles.